The molecule has 0 saturated carbocycles. The van der Waals surface area contributed by atoms with Crippen LogP contribution in [0.15, 0.2) is 36.7 Å². The second-order valence-electron chi connectivity index (χ2n) is 5.62. The normalized spacial score (nSPS) is 21.2. The van der Waals surface area contributed by atoms with E-state index < -0.39 is 18.1 Å². The van der Waals surface area contributed by atoms with E-state index in [1.807, 2.05) is 6.07 Å². The van der Waals surface area contributed by atoms with Gasteiger partial charge < -0.3 is 14.7 Å². The topological polar surface area (TPSA) is 79.7 Å². The molecule has 0 bridgehead atoms. The number of aliphatic hydroxyl groups excluding tert-OH is 1. The highest BCUT2D eigenvalue weighted by molar-refractivity contribution is 6.07. The van der Waals surface area contributed by atoms with Crippen molar-refractivity contribution in [3.63, 3.8) is 0 Å². The van der Waals surface area contributed by atoms with E-state index in [0.29, 0.717) is 18.5 Å². The smallest absolute Gasteiger partial charge is 0.328 e. The molecule has 1 aromatic heterocycles. The van der Waals surface area contributed by atoms with Crippen LogP contribution in [0.1, 0.15) is 23.2 Å². The minimum Gasteiger partial charge on any atom is -0.467 e. The summed E-state index contributed by atoms with van der Waals surface area (Å²) in [5, 5.41) is 11.5. The lowest BCUT2D eigenvalue weighted by Gasteiger charge is -2.36. The van der Waals surface area contributed by atoms with Crippen LogP contribution in [-0.2, 0) is 9.53 Å². The first-order valence-electron chi connectivity index (χ1n) is 7.51. The number of methoxy groups -OCH3 is 1. The van der Waals surface area contributed by atoms with Crippen molar-refractivity contribution in [2.24, 2.45) is 0 Å². The Hall–Kier alpha value is -2.47. The van der Waals surface area contributed by atoms with Crippen molar-refractivity contribution in [1.29, 1.82) is 0 Å². The molecule has 6 heteroatoms. The summed E-state index contributed by atoms with van der Waals surface area (Å²) in [6.45, 7) is 0.321. The molecule has 2 heterocycles. The first kappa shape index (κ1) is 15.4. The van der Waals surface area contributed by atoms with Gasteiger partial charge in [0, 0.05) is 36.3 Å². The van der Waals surface area contributed by atoms with Crippen LogP contribution < -0.4 is 0 Å². The van der Waals surface area contributed by atoms with Crippen molar-refractivity contribution in [2.75, 3.05) is 13.7 Å². The van der Waals surface area contributed by atoms with Crippen LogP contribution >= 0.6 is 0 Å². The van der Waals surface area contributed by atoms with Gasteiger partial charge in [-0.15, -0.1) is 0 Å². The Labute approximate surface area is 133 Å². The van der Waals surface area contributed by atoms with Crippen LogP contribution in [0.5, 0.6) is 0 Å². The van der Waals surface area contributed by atoms with Crippen molar-refractivity contribution in [3.05, 3.63) is 42.2 Å². The molecule has 2 atom stereocenters. The predicted octanol–water partition coefficient (Wildman–Crippen LogP) is 1.37. The maximum absolute atomic E-state index is 13.0. The summed E-state index contributed by atoms with van der Waals surface area (Å²) in [5.74, 6) is -0.733. The van der Waals surface area contributed by atoms with Gasteiger partial charge in [0.15, 0.2) is 0 Å². The van der Waals surface area contributed by atoms with E-state index in [1.165, 1.54) is 12.0 Å². The largest absolute Gasteiger partial charge is 0.467 e. The molecule has 120 valence electrons. The maximum Gasteiger partial charge on any atom is 0.328 e. The average molecular weight is 314 g/mol. The molecular formula is C17H18N2O4. The third-order valence-corrected chi connectivity index (χ3v) is 4.22. The number of carbonyl (C=O) groups is 2. The minimum absolute atomic E-state index is 0.199. The zero-order chi connectivity index (χ0) is 16.4. The van der Waals surface area contributed by atoms with Gasteiger partial charge in [0.25, 0.3) is 5.91 Å². The highest BCUT2D eigenvalue weighted by atomic mass is 16.5. The van der Waals surface area contributed by atoms with E-state index in [1.54, 1.807) is 30.6 Å². The number of amides is 1. The zero-order valence-corrected chi connectivity index (χ0v) is 12.8. The van der Waals surface area contributed by atoms with Gasteiger partial charge in [0.2, 0.25) is 0 Å². The number of aliphatic hydroxyl groups is 1. The quantitative estimate of drug-likeness (QED) is 0.847. The molecular weight excluding hydrogens is 296 g/mol. The lowest BCUT2D eigenvalue weighted by molar-refractivity contribution is -0.148. The van der Waals surface area contributed by atoms with E-state index in [9.17, 15) is 14.7 Å². The number of piperidine rings is 1. The van der Waals surface area contributed by atoms with E-state index in [4.69, 9.17) is 4.74 Å². The van der Waals surface area contributed by atoms with Crippen molar-refractivity contribution in [2.45, 2.75) is 25.0 Å². The molecule has 0 unspecified atom stereocenters. The zero-order valence-electron chi connectivity index (χ0n) is 12.8. The molecule has 1 amide bonds. The molecule has 1 aromatic carbocycles. The fourth-order valence-corrected chi connectivity index (χ4v) is 3.01. The van der Waals surface area contributed by atoms with Gasteiger partial charge in [-0.3, -0.25) is 9.78 Å². The van der Waals surface area contributed by atoms with E-state index >= 15 is 0 Å². The first-order valence-corrected chi connectivity index (χ1v) is 7.51. The summed E-state index contributed by atoms with van der Waals surface area (Å²) in [5.41, 5.74) is 0.523. The van der Waals surface area contributed by atoms with Crippen LogP contribution in [-0.4, -0.2) is 52.7 Å². The summed E-state index contributed by atoms with van der Waals surface area (Å²) in [4.78, 5) is 30.5. The molecule has 6 nitrogen and oxygen atoms in total. The number of carbonyl (C=O) groups excluding carboxylic acids is 2. The Bertz CT molecular complexity index is 741. The molecule has 1 aliphatic heterocycles. The molecule has 3 rings (SSSR count). The average Bonchev–Trinajstić information content (AvgIpc) is 2.60. The molecule has 1 fully saturated rings. The summed E-state index contributed by atoms with van der Waals surface area (Å²) in [6.07, 6.45) is 3.39. The Morgan fingerprint density at radius 3 is 2.96 bits per heavy atom. The second-order valence-corrected chi connectivity index (χ2v) is 5.62. The van der Waals surface area contributed by atoms with Gasteiger partial charge >= 0.3 is 5.97 Å². The second kappa shape index (κ2) is 6.34. The van der Waals surface area contributed by atoms with Gasteiger partial charge in [0.05, 0.1) is 13.2 Å². The van der Waals surface area contributed by atoms with Crippen LogP contribution in [0.2, 0.25) is 0 Å². The highest BCUT2D eigenvalue weighted by Gasteiger charge is 2.37. The lowest BCUT2D eigenvalue weighted by Crippen LogP contribution is -2.51. The van der Waals surface area contributed by atoms with E-state index in [-0.39, 0.29) is 12.3 Å². The third kappa shape index (κ3) is 2.90. The summed E-state index contributed by atoms with van der Waals surface area (Å²) >= 11 is 0. The molecule has 1 aliphatic rings. The molecule has 23 heavy (non-hydrogen) atoms. The van der Waals surface area contributed by atoms with E-state index in [0.717, 1.165) is 10.8 Å². The van der Waals surface area contributed by atoms with Gasteiger partial charge in [-0.05, 0) is 23.9 Å². The number of esters is 1. The number of benzene rings is 1. The number of fused-ring (bicyclic) bond motifs is 1. The summed E-state index contributed by atoms with van der Waals surface area (Å²) in [6, 6.07) is 6.45. The number of pyridine rings is 1. The third-order valence-electron chi connectivity index (χ3n) is 4.22. The lowest BCUT2D eigenvalue weighted by atomic mass is 9.97. The summed E-state index contributed by atoms with van der Waals surface area (Å²) in [7, 11) is 1.29. The molecule has 0 aliphatic carbocycles. The molecule has 1 N–H and O–H groups in total. The number of ether oxygens (including phenoxy) is 1. The van der Waals surface area contributed by atoms with Crippen LogP contribution in [0, 0.1) is 0 Å². The number of likely N-dealkylation sites (tertiary alicyclic amines) is 1. The Kier molecular flexibility index (Phi) is 4.25. The molecule has 0 spiro atoms. The molecule has 0 radical (unpaired) electrons. The number of nitrogens with zero attached hydrogens (tertiary/aromatic N) is 2. The SMILES string of the molecule is COC(=O)[C@H]1C[C@@H](O)CCN1C(=O)c1cccc2cnccc12. The first-order chi connectivity index (χ1) is 11.1. The monoisotopic (exact) mass is 314 g/mol. The molecule has 2 aromatic rings. The number of hydrogen-bond acceptors (Lipinski definition) is 5. The summed E-state index contributed by atoms with van der Waals surface area (Å²) < 4.78 is 4.79. The Morgan fingerprint density at radius 1 is 1.35 bits per heavy atom. The highest BCUT2D eigenvalue weighted by Crippen LogP contribution is 2.24. The van der Waals surface area contributed by atoms with Gasteiger partial charge in [0.1, 0.15) is 6.04 Å². The molecule has 1 saturated heterocycles. The van der Waals surface area contributed by atoms with Gasteiger partial charge in [-0.25, -0.2) is 4.79 Å². The van der Waals surface area contributed by atoms with Crippen molar-refractivity contribution >= 4 is 22.6 Å². The van der Waals surface area contributed by atoms with Crippen LogP contribution in [0.3, 0.4) is 0 Å². The Balaban J connectivity index is 1.98. The van der Waals surface area contributed by atoms with Crippen molar-refractivity contribution < 1.29 is 19.4 Å². The van der Waals surface area contributed by atoms with Crippen LogP contribution in [0.25, 0.3) is 10.8 Å². The minimum atomic E-state index is -0.756. The van der Waals surface area contributed by atoms with Crippen molar-refractivity contribution in [3.8, 4) is 0 Å². The fourth-order valence-electron chi connectivity index (χ4n) is 3.01. The van der Waals surface area contributed by atoms with Crippen molar-refractivity contribution in [1.82, 2.24) is 9.88 Å². The van der Waals surface area contributed by atoms with Crippen LogP contribution in [0.4, 0.5) is 0 Å². The standard InChI is InChI=1S/C17H18N2O4/c1-23-17(22)15-9-12(20)6-8-19(15)16(21)14-4-2-3-11-10-18-7-5-13(11)14/h2-5,7,10,12,15,20H,6,8-9H2,1H3/t12-,15+/m0/s1. The predicted molar refractivity (Wildman–Crippen MR) is 83.8 cm³/mol. The maximum atomic E-state index is 13.0. The number of hydrogen-bond donors (Lipinski definition) is 1. The Morgan fingerprint density at radius 2 is 2.17 bits per heavy atom. The number of aromatic nitrogens is 1. The van der Waals surface area contributed by atoms with E-state index in [2.05, 4.69) is 4.98 Å². The fraction of sp³-hybridized carbons (Fsp3) is 0.353. The van der Waals surface area contributed by atoms with Gasteiger partial charge in [-0.1, -0.05) is 12.1 Å². The van der Waals surface area contributed by atoms with Gasteiger partial charge in [-0.2, -0.15) is 0 Å². The number of rotatable bonds is 2.